The summed E-state index contributed by atoms with van der Waals surface area (Å²) in [6, 6.07) is 9.25. The Morgan fingerprint density at radius 3 is 2.46 bits per heavy atom. The Kier molecular flexibility index (Phi) is 6.16. The predicted octanol–water partition coefficient (Wildman–Crippen LogP) is 3.82. The van der Waals surface area contributed by atoms with Gasteiger partial charge in [0.25, 0.3) is 0 Å². The van der Waals surface area contributed by atoms with Gasteiger partial charge in [-0.3, -0.25) is 9.59 Å². The highest BCUT2D eigenvalue weighted by molar-refractivity contribution is 7.10. The molecule has 1 fully saturated rings. The monoisotopic (exact) mass is 375 g/mol. The van der Waals surface area contributed by atoms with E-state index >= 15 is 0 Å². The molecule has 26 heavy (non-hydrogen) atoms. The van der Waals surface area contributed by atoms with Gasteiger partial charge in [0.1, 0.15) is 5.82 Å². The van der Waals surface area contributed by atoms with Crippen molar-refractivity contribution in [3.63, 3.8) is 0 Å². The highest BCUT2D eigenvalue weighted by Gasteiger charge is 2.28. The number of rotatable bonds is 6. The summed E-state index contributed by atoms with van der Waals surface area (Å²) in [4.78, 5) is 27.2. The number of aliphatic hydroxyl groups is 1. The molecule has 3 rings (SSSR count). The van der Waals surface area contributed by atoms with E-state index in [9.17, 15) is 19.1 Å². The molecule has 1 aromatic carbocycles. The molecule has 1 unspecified atom stereocenters. The van der Waals surface area contributed by atoms with Gasteiger partial charge in [0.15, 0.2) is 5.78 Å². The molecule has 2 heterocycles. The Bertz CT molecular complexity index is 737. The summed E-state index contributed by atoms with van der Waals surface area (Å²) in [5.74, 6) is -0.408. The summed E-state index contributed by atoms with van der Waals surface area (Å²) < 4.78 is 12.9. The van der Waals surface area contributed by atoms with Gasteiger partial charge in [0.05, 0.1) is 6.10 Å². The van der Waals surface area contributed by atoms with Crippen LogP contribution in [0.1, 0.15) is 47.0 Å². The molecular formula is C20H22FNO3S. The minimum atomic E-state index is -0.465. The zero-order valence-electron chi connectivity index (χ0n) is 14.4. The van der Waals surface area contributed by atoms with Crippen molar-refractivity contribution in [3.8, 4) is 0 Å². The molecule has 138 valence electrons. The lowest BCUT2D eigenvalue weighted by molar-refractivity contribution is -0.133. The number of piperidine rings is 1. The molecule has 0 spiro atoms. The molecule has 0 bridgehead atoms. The van der Waals surface area contributed by atoms with Crippen LogP contribution in [-0.2, 0) is 4.79 Å². The number of halogens is 1. The Balaban J connectivity index is 1.45. The first-order valence-corrected chi connectivity index (χ1v) is 9.70. The maximum absolute atomic E-state index is 12.9. The highest BCUT2D eigenvalue weighted by Crippen LogP contribution is 2.33. The van der Waals surface area contributed by atoms with Crippen molar-refractivity contribution in [2.24, 2.45) is 5.92 Å². The quantitative estimate of drug-likeness (QED) is 0.781. The van der Waals surface area contributed by atoms with Gasteiger partial charge in [-0.25, -0.2) is 4.39 Å². The summed E-state index contributed by atoms with van der Waals surface area (Å²) in [6.45, 7) is 1.22. The van der Waals surface area contributed by atoms with E-state index in [-0.39, 0.29) is 36.3 Å². The van der Waals surface area contributed by atoms with Crippen LogP contribution in [0.3, 0.4) is 0 Å². The van der Waals surface area contributed by atoms with E-state index < -0.39 is 6.10 Å². The number of aliphatic hydroxyl groups excluding tert-OH is 1. The first-order chi connectivity index (χ1) is 12.5. The summed E-state index contributed by atoms with van der Waals surface area (Å²) in [7, 11) is 0. The predicted molar refractivity (Wildman–Crippen MR) is 98.5 cm³/mol. The van der Waals surface area contributed by atoms with Crippen LogP contribution in [0.5, 0.6) is 0 Å². The fourth-order valence-corrected chi connectivity index (χ4v) is 4.12. The van der Waals surface area contributed by atoms with Gasteiger partial charge in [0.2, 0.25) is 5.91 Å². The number of nitrogens with zero attached hydrogens (tertiary/aromatic N) is 1. The molecule has 1 atom stereocenters. The number of thiophene rings is 1. The average Bonchev–Trinajstić information content (AvgIpc) is 3.20. The van der Waals surface area contributed by atoms with Gasteiger partial charge < -0.3 is 10.0 Å². The van der Waals surface area contributed by atoms with Crippen LogP contribution in [0.2, 0.25) is 0 Å². The fourth-order valence-electron chi connectivity index (χ4n) is 3.32. The third-order valence-electron chi connectivity index (χ3n) is 4.91. The van der Waals surface area contributed by atoms with Crippen LogP contribution in [0.25, 0.3) is 0 Å². The van der Waals surface area contributed by atoms with Crippen molar-refractivity contribution >= 4 is 23.0 Å². The normalized spacial score (nSPS) is 16.5. The van der Waals surface area contributed by atoms with E-state index in [1.54, 1.807) is 16.2 Å². The van der Waals surface area contributed by atoms with Crippen LogP contribution in [0.15, 0.2) is 41.8 Å². The zero-order chi connectivity index (χ0) is 18.5. The van der Waals surface area contributed by atoms with Crippen LogP contribution in [0.4, 0.5) is 4.39 Å². The van der Waals surface area contributed by atoms with Crippen molar-refractivity contribution in [2.45, 2.75) is 31.8 Å². The summed E-state index contributed by atoms with van der Waals surface area (Å²) >= 11 is 1.55. The molecule has 1 N–H and O–H groups in total. The Morgan fingerprint density at radius 2 is 1.85 bits per heavy atom. The minimum absolute atomic E-state index is 0.0375. The topological polar surface area (TPSA) is 57.6 Å². The summed E-state index contributed by atoms with van der Waals surface area (Å²) in [5.41, 5.74) is 0.428. The molecule has 0 radical (unpaired) electrons. The number of likely N-dealkylation sites (tertiary alicyclic amines) is 1. The van der Waals surface area contributed by atoms with Gasteiger partial charge >= 0.3 is 0 Å². The molecule has 6 heteroatoms. The lowest BCUT2D eigenvalue weighted by Crippen LogP contribution is -2.39. The van der Waals surface area contributed by atoms with Gasteiger partial charge in [-0.2, -0.15) is 0 Å². The number of carbonyl (C=O) groups is 2. The standard InChI is InChI=1S/C20H22FNO3S/c21-16-5-3-14(4-6-16)17(23)7-8-19(24)22-11-9-15(10-12-22)20(25)18-2-1-13-26-18/h1-6,13,15,20,25H,7-12H2. The van der Waals surface area contributed by atoms with E-state index in [0.29, 0.717) is 18.7 Å². The third kappa shape index (κ3) is 4.56. The van der Waals surface area contributed by atoms with E-state index in [4.69, 9.17) is 0 Å². The number of hydrogen-bond donors (Lipinski definition) is 1. The fraction of sp³-hybridized carbons (Fsp3) is 0.400. The summed E-state index contributed by atoms with van der Waals surface area (Å²) in [6.07, 6.45) is 1.34. The Hall–Kier alpha value is -2.05. The first kappa shape index (κ1) is 18.7. The molecule has 0 aliphatic carbocycles. The van der Waals surface area contributed by atoms with Gasteiger partial charge in [0, 0.05) is 36.4 Å². The smallest absolute Gasteiger partial charge is 0.223 e. The Labute approximate surface area is 156 Å². The molecular weight excluding hydrogens is 353 g/mol. The molecule has 1 aliphatic rings. The third-order valence-corrected chi connectivity index (χ3v) is 5.85. The second-order valence-electron chi connectivity index (χ2n) is 6.61. The van der Waals surface area contributed by atoms with Crippen LogP contribution in [-0.4, -0.2) is 34.8 Å². The van der Waals surface area contributed by atoms with Gasteiger partial charge in [-0.15, -0.1) is 11.3 Å². The Morgan fingerprint density at radius 1 is 1.15 bits per heavy atom. The number of hydrogen-bond acceptors (Lipinski definition) is 4. The number of amides is 1. The van der Waals surface area contributed by atoms with E-state index in [1.165, 1.54) is 24.3 Å². The SMILES string of the molecule is O=C(CCC(=O)N1CCC(C(O)c2cccs2)CC1)c1ccc(F)cc1. The second kappa shape index (κ2) is 8.56. The molecule has 1 aromatic heterocycles. The lowest BCUT2D eigenvalue weighted by Gasteiger charge is -2.34. The molecule has 1 saturated heterocycles. The van der Waals surface area contributed by atoms with Crippen molar-refractivity contribution in [2.75, 3.05) is 13.1 Å². The minimum Gasteiger partial charge on any atom is -0.387 e. The lowest BCUT2D eigenvalue weighted by atomic mass is 9.90. The van der Waals surface area contributed by atoms with Crippen molar-refractivity contribution < 1.29 is 19.1 Å². The van der Waals surface area contributed by atoms with Crippen molar-refractivity contribution in [1.29, 1.82) is 0 Å². The highest BCUT2D eigenvalue weighted by atomic mass is 32.1. The van der Waals surface area contributed by atoms with E-state index in [2.05, 4.69) is 0 Å². The first-order valence-electron chi connectivity index (χ1n) is 8.82. The number of Topliss-reactive ketones (excluding diaryl/α,β-unsaturated/α-hetero) is 1. The van der Waals surface area contributed by atoms with E-state index in [1.807, 2.05) is 17.5 Å². The molecule has 1 amide bonds. The maximum Gasteiger partial charge on any atom is 0.223 e. The number of ketones is 1. The average molecular weight is 375 g/mol. The number of benzene rings is 1. The van der Waals surface area contributed by atoms with Crippen LogP contribution < -0.4 is 0 Å². The molecule has 4 nitrogen and oxygen atoms in total. The van der Waals surface area contributed by atoms with Crippen molar-refractivity contribution in [1.82, 2.24) is 4.90 Å². The largest absolute Gasteiger partial charge is 0.387 e. The zero-order valence-corrected chi connectivity index (χ0v) is 15.3. The van der Waals surface area contributed by atoms with Gasteiger partial charge in [-0.05, 0) is 54.5 Å². The summed E-state index contributed by atoms with van der Waals surface area (Å²) in [5, 5.41) is 12.4. The van der Waals surface area contributed by atoms with E-state index in [0.717, 1.165) is 17.7 Å². The van der Waals surface area contributed by atoms with Crippen LogP contribution in [0, 0.1) is 11.7 Å². The second-order valence-corrected chi connectivity index (χ2v) is 7.59. The molecule has 2 aromatic rings. The number of carbonyl (C=O) groups excluding carboxylic acids is 2. The maximum atomic E-state index is 12.9. The molecule has 1 aliphatic heterocycles. The molecule has 0 saturated carbocycles. The van der Waals surface area contributed by atoms with Gasteiger partial charge in [-0.1, -0.05) is 6.07 Å². The van der Waals surface area contributed by atoms with Crippen LogP contribution >= 0.6 is 11.3 Å². The van der Waals surface area contributed by atoms with Crippen molar-refractivity contribution in [3.05, 3.63) is 58.0 Å².